The van der Waals surface area contributed by atoms with Crippen LogP contribution in [0.15, 0.2) is 52.8 Å². The number of aromatic amines is 1. The molecule has 0 fully saturated rings. The lowest BCUT2D eigenvalue weighted by molar-refractivity contribution is -0.137. The first kappa shape index (κ1) is 20.5. The van der Waals surface area contributed by atoms with E-state index in [1.165, 1.54) is 6.20 Å². The van der Waals surface area contributed by atoms with Crippen molar-refractivity contribution in [1.29, 1.82) is 0 Å². The van der Waals surface area contributed by atoms with Crippen LogP contribution >= 0.6 is 11.3 Å². The van der Waals surface area contributed by atoms with Crippen LogP contribution in [-0.4, -0.2) is 28.9 Å². The molecule has 0 radical (unpaired) electrons. The molecule has 0 aliphatic carbocycles. The molecule has 0 spiro atoms. The van der Waals surface area contributed by atoms with Gasteiger partial charge in [-0.3, -0.25) is 9.59 Å². The molecule has 1 aromatic carbocycles. The summed E-state index contributed by atoms with van der Waals surface area (Å²) in [5.74, 6) is -0.0527. The Labute approximate surface area is 180 Å². The smallest absolute Gasteiger partial charge is 0.319 e. The Kier molecular flexibility index (Phi) is 5.89. The van der Waals surface area contributed by atoms with Crippen LogP contribution in [0.25, 0.3) is 0 Å². The quantitative estimate of drug-likeness (QED) is 0.446. The molecule has 0 bridgehead atoms. The number of hydrogen-bond acceptors (Lipinski definition) is 6. The van der Waals surface area contributed by atoms with E-state index in [1.807, 2.05) is 17.5 Å². The summed E-state index contributed by atoms with van der Waals surface area (Å²) < 4.78 is 10.6. The Morgan fingerprint density at radius 2 is 2.03 bits per heavy atom. The molecule has 160 valence electrons. The molecule has 3 heterocycles. The third-order valence-electron chi connectivity index (χ3n) is 4.71. The number of amides is 2. The molecule has 4 rings (SSSR count). The summed E-state index contributed by atoms with van der Waals surface area (Å²) in [4.78, 5) is 40.0. The van der Waals surface area contributed by atoms with Crippen LogP contribution in [0.4, 0.5) is 10.5 Å². The minimum Gasteiger partial charge on any atom is -0.481 e. The maximum atomic E-state index is 12.7. The van der Waals surface area contributed by atoms with Crippen molar-refractivity contribution in [3.05, 3.63) is 74.3 Å². The highest BCUT2D eigenvalue weighted by Gasteiger charge is 2.22. The van der Waals surface area contributed by atoms with E-state index in [4.69, 9.17) is 9.47 Å². The monoisotopic (exact) mass is 441 g/mol. The number of rotatable bonds is 7. The summed E-state index contributed by atoms with van der Waals surface area (Å²) >= 11 is 1.55. The molecule has 3 aromatic rings. The van der Waals surface area contributed by atoms with Gasteiger partial charge < -0.3 is 30.2 Å². The Balaban J connectivity index is 1.53. The van der Waals surface area contributed by atoms with E-state index >= 15 is 0 Å². The number of nitrogens with one attached hydrogen (secondary N) is 3. The van der Waals surface area contributed by atoms with Gasteiger partial charge in [0.1, 0.15) is 5.69 Å². The number of carboxylic acids is 1. The number of pyridine rings is 1. The molecule has 1 aliphatic rings. The number of anilines is 1. The minimum atomic E-state index is -1.08. The third-order valence-corrected chi connectivity index (χ3v) is 5.59. The molecule has 0 saturated carbocycles. The molecule has 1 atom stereocenters. The molecular formula is C21H19N3O6S. The van der Waals surface area contributed by atoms with Crippen LogP contribution in [-0.2, 0) is 11.2 Å². The van der Waals surface area contributed by atoms with Crippen LogP contribution in [0, 0.1) is 0 Å². The summed E-state index contributed by atoms with van der Waals surface area (Å²) in [5, 5.41) is 16.4. The molecule has 0 saturated heterocycles. The zero-order valence-corrected chi connectivity index (χ0v) is 17.0. The molecule has 0 unspecified atom stereocenters. The number of aromatic nitrogens is 1. The number of aliphatic carboxylic acids is 1. The molecule has 2 amide bonds. The van der Waals surface area contributed by atoms with E-state index in [-0.39, 0.29) is 18.9 Å². The largest absolute Gasteiger partial charge is 0.481 e. The fourth-order valence-corrected chi connectivity index (χ4v) is 4.00. The maximum Gasteiger partial charge on any atom is 0.319 e. The predicted octanol–water partition coefficient (Wildman–Crippen LogP) is 3.09. The Morgan fingerprint density at radius 3 is 2.81 bits per heavy atom. The zero-order chi connectivity index (χ0) is 21.8. The maximum absolute atomic E-state index is 12.7. The topological polar surface area (TPSA) is 130 Å². The highest BCUT2D eigenvalue weighted by Crippen LogP contribution is 2.34. The lowest BCUT2D eigenvalue weighted by Gasteiger charge is -2.19. The second-order valence-electron chi connectivity index (χ2n) is 6.82. The van der Waals surface area contributed by atoms with Crippen molar-refractivity contribution in [1.82, 2.24) is 10.3 Å². The fourth-order valence-electron chi connectivity index (χ4n) is 3.27. The number of benzene rings is 1. The Hall–Kier alpha value is -3.79. The number of ether oxygens (including phenoxy) is 2. The van der Waals surface area contributed by atoms with Crippen molar-refractivity contribution in [2.24, 2.45) is 0 Å². The van der Waals surface area contributed by atoms with E-state index in [1.54, 1.807) is 35.6 Å². The van der Waals surface area contributed by atoms with Gasteiger partial charge in [-0.1, -0.05) is 12.1 Å². The van der Waals surface area contributed by atoms with Gasteiger partial charge in [-0.15, -0.1) is 11.3 Å². The number of carboxylic acid groups (broad SMARTS) is 1. The lowest BCUT2D eigenvalue weighted by Crippen LogP contribution is -2.35. The summed E-state index contributed by atoms with van der Waals surface area (Å²) in [7, 11) is 0. The van der Waals surface area contributed by atoms with Gasteiger partial charge in [0.25, 0.3) is 5.56 Å². The molecule has 10 heteroatoms. The first-order chi connectivity index (χ1) is 15.0. The van der Waals surface area contributed by atoms with Gasteiger partial charge in [0.2, 0.25) is 6.79 Å². The van der Waals surface area contributed by atoms with E-state index in [9.17, 15) is 19.5 Å². The first-order valence-corrected chi connectivity index (χ1v) is 10.3. The van der Waals surface area contributed by atoms with Crippen molar-refractivity contribution < 1.29 is 24.2 Å². The van der Waals surface area contributed by atoms with Crippen LogP contribution in [0.1, 0.15) is 28.5 Å². The third kappa shape index (κ3) is 4.86. The Morgan fingerprint density at radius 1 is 1.19 bits per heavy atom. The van der Waals surface area contributed by atoms with E-state index in [2.05, 4.69) is 15.6 Å². The molecule has 1 aliphatic heterocycles. The summed E-state index contributed by atoms with van der Waals surface area (Å²) in [5.41, 5.74) is 0.872. The average molecular weight is 441 g/mol. The van der Waals surface area contributed by atoms with Crippen LogP contribution in [0.5, 0.6) is 11.5 Å². The number of carbonyl (C=O) groups excluding carboxylic acids is 1. The van der Waals surface area contributed by atoms with Gasteiger partial charge >= 0.3 is 12.0 Å². The van der Waals surface area contributed by atoms with Crippen molar-refractivity contribution in [2.75, 3.05) is 12.1 Å². The second-order valence-corrected chi connectivity index (χ2v) is 7.86. The van der Waals surface area contributed by atoms with Gasteiger partial charge in [-0.25, -0.2) is 4.79 Å². The minimum absolute atomic E-state index is 0.0834. The van der Waals surface area contributed by atoms with Crippen molar-refractivity contribution in [3.63, 3.8) is 0 Å². The molecule has 4 N–H and O–H groups in total. The average Bonchev–Trinajstić information content (AvgIpc) is 3.41. The number of fused-ring (bicyclic) bond motifs is 1. The summed E-state index contributed by atoms with van der Waals surface area (Å²) in [6.07, 6.45) is 1.66. The number of H-pyrrole nitrogens is 1. The number of urea groups is 1. The molecule has 31 heavy (non-hydrogen) atoms. The number of hydrogen-bond donors (Lipinski definition) is 4. The van der Waals surface area contributed by atoms with E-state index < -0.39 is 23.6 Å². The number of thiophene rings is 1. The zero-order valence-electron chi connectivity index (χ0n) is 16.2. The highest BCUT2D eigenvalue weighted by atomic mass is 32.1. The van der Waals surface area contributed by atoms with Gasteiger partial charge in [-0.05, 0) is 40.8 Å². The van der Waals surface area contributed by atoms with Crippen LogP contribution in [0.2, 0.25) is 0 Å². The van der Waals surface area contributed by atoms with E-state index in [0.29, 0.717) is 29.0 Å². The molecular weight excluding hydrogens is 422 g/mol. The van der Waals surface area contributed by atoms with Crippen molar-refractivity contribution in [3.8, 4) is 11.5 Å². The second kappa shape index (κ2) is 8.92. The number of carbonyl (C=O) groups is 2. The van der Waals surface area contributed by atoms with Crippen LogP contribution < -0.4 is 25.7 Å². The highest BCUT2D eigenvalue weighted by molar-refractivity contribution is 7.09. The van der Waals surface area contributed by atoms with E-state index in [0.717, 1.165) is 4.88 Å². The first-order valence-electron chi connectivity index (χ1n) is 9.41. The standard InChI is InChI=1S/C21H19N3O6S/c25-18(26)10-15(12-3-4-16-17(9-12)30-11-29-16)23-21(28)24-19-13(5-6-22-20(19)27)8-14-2-1-7-31-14/h1-7,9,15H,8,10-11H2,(H,22,27)(H,25,26)(H2,23,24,28)/t15-/m0/s1. The molecule has 9 nitrogen and oxygen atoms in total. The Bertz CT molecular complexity index is 1160. The lowest BCUT2D eigenvalue weighted by atomic mass is 10.0. The van der Waals surface area contributed by atoms with Gasteiger partial charge in [0.05, 0.1) is 12.5 Å². The molecule has 2 aromatic heterocycles. The van der Waals surface area contributed by atoms with Crippen molar-refractivity contribution in [2.45, 2.75) is 18.9 Å². The summed E-state index contributed by atoms with van der Waals surface area (Å²) in [6.45, 7) is 0.0834. The SMILES string of the molecule is O=C(O)C[C@H](NC(=O)Nc1c(Cc2cccs2)cc[nH]c1=O)c1ccc2c(c1)OCO2. The van der Waals surface area contributed by atoms with Gasteiger partial charge in [0.15, 0.2) is 11.5 Å². The van der Waals surface area contributed by atoms with Crippen molar-refractivity contribution >= 4 is 29.0 Å². The summed E-state index contributed by atoms with van der Waals surface area (Å²) in [6, 6.07) is 9.01. The fraction of sp³-hybridized carbons (Fsp3) is 0.190. The van der Waals surface area contributed by atoms with Gasteiger partial charge in [-0.2, -0.15) is 0 Å². The van der Waals surface area contributed by atoms with Gasteiger partial charge in [0, 0.05) is 17.5 Å². The normalized spacial score (nSPS) is 12.9. The van der Waals surface area contributed by atoms with Crippen LogP contribution in [0.3, 0.4) is 0 Å². The predicted molar refractivity (Wildman–Crippen MR) is 114 cm³/mol.